The zero-order chi connectivity index (χ0) is 26.0. The van der Waals surface area contributed by atoms with E-state index in [9.17, 15) is 18.8 Å². The van der Waals surface area contributed by atoms with Crippen LogP contribution in [0.3, 0.4) is 0 Å². The molecule has 0 aromatic heterocycles. The molecule has 1 unspecified atom stereocenters. The number of nitrogens with zero attached hydrogens (tertiary/aromatic N) is 1. The fourth-order valence-corrected chi connectivity index (χ4v) is 4.35. The summed E-state index contributed by atoms with van der Waals surface area (Å²) in [6, 6.07) is 11.1. The number of hydrogen-bond acceptors (Lipinski definition) is 5. The van der Waals surface area contributed by atoms with Gasteiger partial charge in [-0.25, -0.2) is 14.0 Å². The minimum atomic E-state index is -0.713. The van der Waals surface area contributed by atoms with Crippen molar-refractivity contribution >= 4 is 23.5 Å². The fraction of sp³-hybridized carbons (Fsp3) is 0.444. The van der Waals surface area contributed by atoms with E-state index in [1.165, 1.54) is 6.07 Å². The minimum Gasteiger partial charge on any atom is -0.462 e. The van der Waals surface area contributed by atoms with Gasteiger partial charge in [-0.05, 0) is 51.0 Å². The summed E-state index contributed by atoms with van der Waals surface area (Å²) in [5, 5.41) is 2.83. The van der Waals surface area contributed by atoms with Crippen LogP contribution in [0, 0.1) is 12.7 Å². The highest BCUT2D eigenvalue weighted by Crippen LogP contribution is 2.26. The van der Waals surface area contributed by atoms with E-state index < -0.39 is 23.8 Å². The molecule has 1 atom stereocenters. The number of aryl methyl sites for hydroxylation is 1. The van der Waals surface area contributed by atoms with E-state index in [0.29, 0.717) is 25.1 Å². The second-order valence-corrected chi connectivity index (χ2v) is 8.43. The molecular weight excluding hydrogens is 451 g/mol. The molecular formula is C27H36FN2O5+. The lowest BCUT2D eigenvalue weighted by atomic mass is 10.0. The quantitative estimate of drug-likeness (QED) is 0.349. The first-order chi connectivity index (χ1) is 16.7. The highest BCUT2D eigenvalue weighted by atomic mass is 19.1. The smallest absolute Gasteiger partial charge is 0.362 e. The largest absolute Gasteiger partial charge is 0.462 e. The molecule has 7 nitrogen and oxygen atoms in total. The predicted molar refractivity (Wildman–Crippen MR) is 132 cm³/mol. The Morgan fingerprint density at radius 3 is 2.23 bits per heavy atom. The molecule has 0 aliphatic carbocycles. The first-order valence-corrected chi connectivity index (χ1v) is 12.0. The Bertz CT molecular complexity index is 1020. The molecule has 0 fully saturated rings. The lowest BCUT2D eigenvalue weighted by molar-refractivity contribution is -0.932. The number of likely N-dealkylation sites (N-methyl/N-ethyl adjacent to an activating group) is 1. The molecule has 0 aliphatic rings. The first-order valence-electron chi connectivity index (χ1n) is 12.0. The number of quaternary nitrogens is 1. The second kappa shape index (κ2) is 13.0. The third-order valence-electron chi connectivity index (χ3n) is 6.34. The number of rotatable bonds is 12. The van der Waals surface area contributed by atoms with Gasteiger partial charge in [0.2, 0.25) is 0 Å². The number of benzene rings is 2. The lowest BCUT2D eigenvalue weighted by Gasteiger charge is -2.41. The van der Waals surface area contributed by atoms with Crippen molar-refractivity contribution in [1.82, 2.24) is 0 Å². The number of nitrogens with one attached hydrogen (secondary N) is 1. The van der Waals surface area contributed by atoms with Crippen molar-refractivity contribution in [3.63, 3.8) is 0 Å². The van der Waals surface area contributed by atoms with Gasteiger partial charge in [-0.2, -0.15) is 0 Å². The SMILES string of the molecule is CCOC(=O)c1cc(F)cc(C)c1NC(=O)C(CC)[N+](CC)(CC)CC(=O)OCc1ccccc1. The Morgan fingerprint density at radius 2 is 1.66 bits per heavy atom. The van der Waals surface area contributed by atoms with Gasteiger partial charge in [0.25, 0.3) is 5.91 Å². The average Bonchev–Trinajstić information content (AvgIpc) is 2.84. The Hall–Kier alpha value is -3.26. The molecule has 0 aliphatic heterocycles. The maximum atomic E-state index is 14.0. The number of halogens is 1. The molecule has 8 heteroatoms. The number of carbonyl (C=O) groups is 3. The van der Waals surface area contributed by atoms with Crippen molar-refractivity contribution < 1.29 is 32.7 Å². The number of hydrogen-bond donors (Lipinski definition) is 1. The topological polar surface area (TPSA) is 81.7 Å². The molecule has 1 N–H and O–H groups in total. The van der Waals surface area contributed by atoms with Gasteiger partial charge in [0.1, 0.15) is 12.4 Å². The number of ether oxygens (including phenoxy) is 2. The summed E-state index contributed by atoms with van der Waals surface area (Å²) in [6.07, 6.45) is 0.453. The van der Waals surface area contributed by atoms with Gasteiger partial charge in [-0.1, -0.05) is 37.3 Å². The van der Waals surface area contributed by atoms with Crippen LogP contribution >= 0.6 is 0 Å². The monoisotopic (exact) mass is 487 g/mol. The minimum absolute atomic E-state index is 0.0267. The van der Waals surface area contributed by atoms with Gasteiger partial charge in [0.15, 0.2) is 12.6 Å². The average molecular weight is 488 g/mol. The molecule has 0 saturated heterocycles. The van der Waals surface area contributed by atoms with E-state index in [4.69, 9.17) is 9.47 Å². The third kappa shape index (κ3) is 7.11. The lowest BCUT2D eigenvalue weighted by Crippen LogP contribution is -2.61. The van der Waals surface area contributed by atoms with E-state index >= 15 is 0 Å². The molecule has 0 heterocycles. The highest BCUT2D eigenvalue weighted by molar-refractivity contribution is 6.03. The Balaban J connectivity index is 2.27. The second-order valence-electron chi connectivity index (χ2n) is 8.43. The maximum absolute atomic E-state index is 14.0. The molecule has 2 aromatic rings. The third-order valence-corrected chi connectivity index (χ3v) is 6.34. The van der Waals surface area contributed by atoms with Gasteiger partial charge < -0.3 is 19.3 Å². The molecule has 0 bridgehead atoms. The molecule has 0 saturated carbocycles. The van der Waals surface area contributed by atoms with Crippen LogP contribution in [0.1, 0.15) is 55.6 Å². The van der Waals surface area contributed by atoms with Crippen molar-refractivity contribution in [3.05, 3.63) is 65.0 Å². The van der Waals surface area contributed by atoms with Crippen LogP contribution in [0.2, 0.25) is 0 Å². The van der Waals surface area contributed by atoms with Gasteiger partial charge >= 0.3 is 11.9 Å². The van der Waals surface area contributed by atoms with Crippen molar-refractivity contribution in [2.45, 2.75) is 53.7 Å². The number of carbonyl (C=O) groups excluding carboxylic acids is 3. The van der Waals surface area contributed by atoms with E-state index in [1.807, 2.05) is 51.1 Å². The van der Waals surface area contributed by atoms with Gasteiger partial charge in [0, 0.05) is 6.42 Å². The molecule has 35 heavy (non-hydrogen) atoms. The Labute approximate surface area is 206 Å². The van der Waals surface area contributed by atoms with Crippen molar-refractivity contribution in [2.75, 3.05) is 31.6 Å². The molecule has 2 rings (SSSR count). The van der Waals surface area contributed by atoms with Crippen LogP contribution in [-0.4, -0.2) is 54.6 Å². The summed E-state index contributed by atoms with van der Waals surface area (Å²) in [6.45, 7) is 10.4. The van der Waals surface area contributed by atoms with Crippen LogP contribution in [0.5, 0.6) is 0 Å². The summed E-state index contributed by atoms with van der Waals surface area (Å²) in [5.74, 6) is -2.06. The molecule has 0 spiro atoms. The highest BCUT2D eigenvalue weighted by Gasteiger charge is 2.41. The molecule has 190 valence electrons. The van der Waals surface area contributed by atoms with Crippen LogP contribution in [-0.2, 0) is 25.7 Å². The van der Waals surface area contributed by atoms with Gasteiger partial charge in [0.05, 0.1) is 30.9 Å². The van der Waals surface area contributed by atoms with E-state index in [2.05, 4.69) is 5.32 Å². The Morgan fingerprint density at radius 1 is 1.00 bits per heavy atom. The summed E-state index contributed by atoms with van der Waals surface area (Å²) in [7, 11) is 0. The van der Waals surface area contributed by atoms with Gasteiger partial charge in [-0.15, -0.1) is 0 Å². The summed E-state index contributed by atoms with van der Waals surface area (Å²) < 4.78 is 24.8. The van der Waals surface area contributed by atoms with Crippen LogP contribution < -0.4 is 5.32 Å². The zero-order valence-electron chi connectivity index (χ0n) is 21.2. The zero-order valence-corrected chi connectivity index (χ0v) is 21.2. The molecule has 1 amide bonds. The normalized spacial score (nSPS) is 12.1. The van der Waals surface area contributed by atoms with E-state index in [0.717, 1.165) is 11.6 Å². The summed E-state index contributed by atoms with van der Waals surface area (Å²) in [4.78, 5) is 38.7. The first kappa shape index (κ1) is 28.0. The molecule has 0 radical (unpaired) electrons. The number of esters is 2. The summed E-state index contributed by atoms with van der Waals surface area (Å²) >= 11 is 0. The van der Waals surface area contributed by atoms with Gasteiger partial charge in [-0.3, -0.25) is 4.79 Å². The maximum Gasteiger partial charge on any atom is 0.362 e. The van der Waals surface area contributed by atoms with E-state index in [-0.39, 0.29) is 41.4 Å². The van der Waals surface area contributed by atoms with Crippen LogP contribution in [0.25, 0.3) is 0 Å². The number of anilines is 1. The fourth-order valence-electron chi connectivity index (χ4n) is 4.35. The standard InChI is InChI=1S/C27H35FN2O5/c1-6-23(26(32)29-25-19(5)15-21(28)16-22(25)27(33)34-9-4)30(7-2,8-3)17-24(31)35-18-20-13-11-10-12-14-20/h10-16,23H,6-9,17-18H2,1-5H3/p+1. The Kier molecular flexibility index (Phi) is 10.4. The van der Waals surface area contributed by atoms with E-state index in [1.54, 1.807) is 13.8 Å². The van der Waals surface area contributed by atoms with Crippen molar-refractivity contribution in [2.24, 2.45) is 0 Å². The predicted octanol–water partition coefficient (Wildman–Crippen LogP) is 4.63. The number of amides is 1. The van der Waals surface area contributed by atoms with Crippen LogP contribution in [0.4, 0.5) is 10.1 Å². The molecule has 2 aromatic carbocycles. The summed E-state index contributed by atoms with van der Waals surface area (Å²) in [5.41, 5.74) is 1.46. The van der Waals surface area contributed by atoms with Crippen molar-refractivity contribution in [1.29, 1.82) is 0 Å². The van der Waals surface area contributed by atoms with Crippen LogP contribution in [0.15, 0.2) is 42.5 Å². The van der Waals surface area contributed by atoms with Crippen molar-refractivity contribution in [3.8, 4) is 0 Å².